The van der Waals surface area contributed by atoms with Crippen LogP contribution in [0.4, 0.5) is 0 Å². The molecule has 0 aromatic carbocycles. The van der Waals surface area contributed by atoms with Crippen molar-refractivity contribution in [3.8, 4) is 0 Å². The molecule has 9 heteroatoms. The van der Waals surface area contributed by atoms with Gasteiger partial charge in [-0.1, -0.05) is 0 Å². The van der Waals surface area contributed by atoms with Crippen LogP contribution in [-0.4, -0.2) is 60.3 Å². The van der Waals surface area contributed by atoms with Crippen molar-refractivity contribution in [1.29, 1.82) is 0 Å². The molecule has 2 fully saturated rings. The fourth-order valence-electron chi connectivity index (χ4n) is 3.50. The topological polar surface area (TPSA) is 95.0 Å². The average molecular weight is 386 g/mol. The van der Waals surface area contributed by atoms with Crippen LogP contribution in [0.2, 0.25) is 0 Å². The molecule has 2 aliphatic heterocycles. The highest BCUT2D eigenvalue weighted by atomic mass is 32.2. The quantitative estimate of drug-likeness (QED) is 0.847. The van der Waals surface area contributed by atoms with Crippen molar-refractivity contribution < 1.29 is 23.1 Å². The molecule has 2 saturated heterocycles. The Morgan fingerprint density at radius 3 is 2.40 bits per heavy atom. The maximum Gasteiger partial charge on any atom is 0.306 e. The summed E-state index contributed by atoms with van der Waals surface area (Å²) < 4.78 is 27.3. The lowest BCUT2D eigenvalue weighted by molar-refractivity contribution is -0.146. The molecule has 0 saturated carbocycles. The fourth-order valence-corrected chi connectivity index (χ4v) is 6.56. The SMILES string of the molecule is Cc1ccc(S(=O)(=O)N2CCCC2C(=O)N2CCC(C(=O)O)CC2)s1. The van der Waals surface area contributed by atoms with E-state index in [4.69, 9.17) is 5.11 Å². The van der Waals surface area contributed by atoms with Crippen LogP contribution in [0.1, 0.15) is 30.6 Å². The van der Waals surface area contributed by atoms with E-state index in [9.17, 15) is 18.0 Å². The maximum absolute atomic E-state index is 12.9. The van der Waals surface area contributed by atoms with Gasteiger partial charge in [0, 0.05) is 24.5 Å². The summed E-state index contributed by atoms with van der Waals surface area (Å²) in [7, 11) is -3.66. The number of rotatable bonds is 4. The Bertz CT molecular complexity index is 765. The highest BCUT2D eigenvalue weighted by molar-refractivity contribution is 7.91. The zero-order valence-electron chi connectivity index (χ0n) is 14.1. The molecule has 25 heavy (non-hydrogen) atoms. The first-order valence-electron chi connectivity index (χ1n) is 8.40. The number of carbonyl (C=O) groups excluding carboxylic acids is 1. The van der Waals surface area contributed by atoms with Gasteiger partial charge in [-0.2, -0.15) is 4.31 Å². The highest BCUT2D eigenvalue weighted by Crippen LogP contribution is 2.31. The molecule has 1 aromatic heterocycles. The molecule has 7 nitrogen and oxygen atoms in total. The lowest BCUT2D eigenvalue weighted by Crippen LogP contribution is -2.50. The number of likely N-dealkylation sites (tertiary alicyclic amines) is 1. The number of thiophene rings is 1. The number of amides is 1. The standard InChI is InChI=1S/C16H22N2O5S2/c1-11-4-5-14(24-11)25(22,23)18-8-2-3-13(18)15(19)17-9-6-12(7-10-17)16(20)21/h4-5,12-13H,2-3,6-10H2,1H3,(H,20,21). The van der Waals surface area contributed by atoms with Gasteiger partial charge in [-0.05, 0) is 44.7 Å². The van der Waals surface area contributed by atoms with Crippen LogP contribution in [0.15, 0.2) is 16.3 Å². The molecule has 0 aliphatic carbocycles. The summed E-state index contributed by atoms with van der Waals surface area (Å²) >= 11 is 1.21. The van der Waals surface area contributed by atoms with Gasteiger partial charge in [0.25, 0.3) is 10.0 Å². The highest BCUT2D eigenvalue weighted by Gasteiger charge is 2.42. The third-order valence-corrected chi connectivity index (χ3v) is 8.30. The number of sulfonamides is 1. The molecule has 1 unspecified atom stereocenters. The molecule has 1 aromatic rings. The van der Waals surface area contributed by atoms with Crippen LogP contribution in [0, 0.1) is 12.8 Å². The second-order valence-corrected chi connectivity index (χ2v) is 9.98. The number of carboxylic acid groups (broad SMARTS) is 1. The summed E-state index contributed by atoms with van der Waals surface area (Å²) in [5.74, 6) is -1.44. The van der Waals surface area contributed by atoms with Gasteiger partial charge < -0.3 is 10.0 Å². The second-order valence-electron chi connectivity index (χ2n) is 6.58. The Morgan fingerprint density at radius 2 is 1.84 bits per heavy atom. The number of nitrogens with zero attached hydrogens (tertiary/aromatic N) is 2. The molecule has 138 valence electrons. The summed E-state index contributed by atoms with van der Waals surface area (Å²) in [6, 6.07) is 2.68. The van der Waals surface area contributed by atoms with E-state index in [-0.39, 0.29) is 10.1 Å². The van der Waals surface area contributed by atoms with Gasteiger partial charge in [0.05, 0.1) is 5.92 Å². The minimum Gasteiger partial charge on any atom is -0.481 e. The number of aryl methyl sites for hydroxylation is 1. The number of hydrogen-bond acceptors (Lipinski definition) is 5. The lowest BCUT2D eigenvalue weighted by Gasteiger charge is -2.34. The van der Waals surface area contributed by atoms with Crippen molar-refractivity contribution in [1.82, 2.24) is 9.21 Å². The zero-order chi connectivity index (χ0) is 18.2. The van der Waals surface area contributed by atoms with Crippen molar-refractivity contribution in [2.24, 2.45) is 5.92 Å². The van der Waals surface area contributed by atoms with E-state index in [2.05, 4.69) is 0 Å². The Balaban J connectivity index is 1.73. The normalized spacial score (nSPS) is 23.1. The van der Waals surface area contributed by atoms with E-state index in [1.165, 1.54) is 15.6 Å². The minimum atomic E-state index is -3.66. The molecule has 3 heterocycles. The Kier molecular flexibility index (Phi) is 5.17. The maximum atomic E-state index is 12.9. The summed E-state index contributed by atoms with van der Waals surface area (Å²) in [6.07, 6.45) is 2.02. The smallest absolute Gasteiger partial charge is 0.306 e. The summed E-state index contributed by atoms with van der Waals surface area (Å²) in [6.45, 7) is 2.95. The summed E-state index contributed by atoms with van der Waals surface area (Å²) in [4.78, 5) is 26.4. The minimum absolute atomic E-state index is 0.196. The van der Waals surface area contributed by atoms with Crippen molar-refractivity contribution >= 4 is 33.2 Å². The number of carboxylic acids is 1. The van der Waals surface area contributed by atoms with Crippen LogP contribution in [0.3, 0.4) is 0 Å². The fraction of sp³-hybridized carbons (Fsp3) is 0.625. The van der Waals surface area contributed by atoms with Crippen LogP contribution in [0.5, 0.6) is 0 Å². The predicted molar refractivity (Wildman–Crippen MR) is 92.9 cm³/mol. The van der Waals surface area contributed by atoms with Gasteiger partial charge in [-0.25, -0.2) is 8.42 Å². The van der Waals surface area contributed by atoms with Crippen molar-refractivity contribution in [2.45, 2.75) is 42.9 Å². The van der Waals surface area contributed by atoms with E-state index >= 15 is 0 Å². The first kappa shape index (κ1) is 18.3. The van der Waals surface area contributed by atoms with Gasteiger partial charge in [-0.3, -0.25) is 9.59 Å². The van der Waals surface area contributed by atoms with E-state index in [1.54, 1.807) is 17.0 Å². The van der Waals surface area contributed by atoms with Crippen LogP contribution < -0.4 is 0 Å². The molecule has 0 spiro atoms. The van der Waals surface area contributed by atoms with Gasteiger partial charge in [-0.15, -0.1) is 11.3 Å². The average Bonchev–Trinajstić information content (AvgIpc) is 3.23. The van der Waals surface area contributed by atoms with Crippen LogP contribution in [-0.2, 0) is 19.6 Å². The predicted octanol–water partition coefficient (Wildman–Crippen LogP) is 1.53. The number of aliphatic carboxylic acids is 1. The van der Waals surface area contributed by atoms with E-state index in [1.807, 2.05) is 6.92 Å². The van der Waals surface area contributed by atoms with Crippen LogP contribution >= 0.6 is 11.3 Å². The molecule has 1 N–H and O–H groups in total. The number of piperidine rings is 1. The third kappa shape index (κ3) is 3.58. The Hall–Kier alpha value is -1.45. The lowest BCUT2D eigenvalue weighted by atomic mass is 9.96. The third-order valence-electron chi connectivity index (χ3n) is 4.92. The van der Waals surface area contributed by atoms with Gasteiger partial charge >= 0.3 is 5.97 Å². The summed E-state index contributed by atoms with van der Waals surface area (Å²) in [5, 5.41) is 9.06. The Labute approximate surface area is 151 Å². The first-order chi connectivity index (χ1) is 11.8. The Morgan fingerprint density at radius 1 is 1.16 bits per heavy atom. The molecule has 3 rings (SSSR count). The van der Waals surface area contributed by atoms with Gasteiger partial charge in [0.2, 0.25) is 5.91 Å². The monoisotopic (exact) mass is 386 g/mol. The molecular weight excluding hydrogens is 364 g/mol. The molecule has 0 radical (unpaired) electrons. The molecule has 1 amide bonds. The van der Waals surface area contributed by atoms with E-state index in [0.29, 0.717) is 45.3 Å². The second kappa shape index (κ2) is 7.05. The zero-order valence-corrected chi connectivity index (χ0v) is 15.7. The van der Waals surface area contributed by atoms with Crippen molar-refractivity contribution in [3.63, 3.8) is 0 Å². The van der Waals surface area contributed by atoms with E-state index in [0.717, 1.165) is 4.88 Å². The number of carbonyl (C=O) groups is 2. The molecule has 2 aliphatic rings. The van der Waals surface area contributed by atoms with E-state index < -0.39 is 28.0 Å². The number of hydrogen-bond donors (Lipinski definition) is 1. The first-order valence-corrected chi connectivity index (χ1v) is 10.7. The largest absolute Gasteiger partial charge is 0.481 e. The van der Waals surface area contributed by atoms with Crippen LogP contribution in [0.25, 0.3) is 0 Å². The van der Waals surface area contributed by atoms with Gasteiger partial charge in [0.15, 0.2) is 0 Å². The molecule has 0 bridgehead atoms. The van der Waals surface area contributed by atoms with Crippen molar-refractivity contribution in [2.75, 3.05) is 19.6 Å². The molecule has 1 atom stereocenters. The van der Waals surface area contributed by atoms with Crippen molar-refractivity contribution in [3.05, 3.63) is 17.0 Å². The van der Waals surface area contributed by atoms with Gasteiger partial charge in [0.1, 0.15) is 10.3 Å². The molecular formula is C16H22N2O5S2. The summed E-state index contributed by atoms with van der Waals surface area (Å²) in [5.41, 5.74) is 0.